The van der Waals surface area contributed by atoms with Crippen LogP contribution in [0, 0.1) is 5.82 Å². The fraction of sp³-hybridized carbons (Fsp3) is 0.200. The van der Waals surface area contributed by atoms with E-state index in [0.29, 0.717) is 35.4 Å². The maximum Gasteiger partial charge on any atom is 0.337 e. The summed E-state index contributed by atoms with van der Waals surface area (Å²) in [6.45, 7) is 1.38. The van der Waals surface area contributed by atoms with Gasteiger partial charge in [0, 0.05) is 24.5 Å². The lowest BCUT2D eigenvalue weighted by Gasteiger charge is -2.14. The SMILES string of the molecule is COC(=O)c1ccc(NC(=O)CSc2nnc3n2CCN3c2ccc(F)cc2)cc1. The molecule has 1 amide bonds. The second kappa shape index (κ2) is 8.54. The number of anilines is 3. The van der Waals surface area contributed by atoms with Crippen LogP contribution in [0.1, 0.15) is 10.4 Å². The van der Waals surface area contributed by atoms with E-state index in [1.807, 2.05) is 9.47 Å². The molecule has 2 heterocycles. The molecule has 4 rings (SSSR count). The first kappa shape index (κ1) is 19.9. The summed E-state index contributed by atoms with van der Waals surface area (Å²) in [6, 6.07) is 12.7. The summed E-state index contributed by atoms with van der Waals surface area (Å²) in [5, 5.41) is 11.8. The van der Waals surface area contributed by atoms with E-state index in [-0.39, 0.29) is 17.5 Å². The van der Waals surface area contributed by atoms with Crippen LogP contribution in [-0.2, 0) is 16.1 Å². The Hall–Kier alpha value is -3.40. The summed E-state index contributed by atoms with van der Waals surface area (Å²) in [7, 11) is 1.31. The van der Waals surface area contributed by atoms with Crippen molar-refractivity contribution >= 4 is 41.0 Å². The third-order valence-electron chi connectivity index (χ3n) is 4.55. The minimum Gasteiger partial charge on any atom is -0.465 e. The number of esters is 1. The first-order chi connectivity index (χ1) is 14.5. The Morgan fingerprint density at radius 1 is 1.10 bits per heavy atom. The minimum atomic E-state index is -0.432. The van der Waals surface area contributed by atoms with Gasteiger partial charge in [-0.2, -0.15) is 0 Å². The molecule has 8 nitrogen and oxygen atoms in total. The number of ether oxygens (including phenoxy) is 1. The molecule has 0 spiro atoms. The topological polar surface area (TPSA) is 89.3 Å². The number of nitrogens with one attached hydrogen (secondary N) is 1. The molecule has 1 aliphatic rings. The first-order valence-corrected chi connectivity index (χ1v) is 10.1. The molecule has 1 aromatic heterocycles. The fourth-order valence-corrected chi connectivity index (χ4v) is 3.84. The molecule has 30 heavy (non-hydrogen) atoms. The van der Waals surface area contributed by atoms with Gasteiger partial charge in [-0.05, 0) is 48.5 Å². The van der Waals surface area contributed by atoms with Gasteiger partial charge in [-0.15, -0.1) is 10.2 Å². The third-order valence-corrected chi connectivity index (χ3v) is 5.51. The van der Waals surface area contributed by atoms with E-state index in [2.05, 4.69) is 20.3 Å². The van der Waals surface area contributed by atoms with Crippen LogP contribution in [0.3, 0.4) is 0 Å². The molecule has 0 aliphatic carbocycles. The number of hydrogen-bond acceptors (Lipinski definition) is 7. The van der Waals surface area contributed by atoms with E-state index in [1.54, 1.807) is 36.4 Å². The number of nitrogens with zero attached hydrogens (tertiary/aromatic N) is 4. The van der Waals surface area contributed by atoms with Gasteiger partial charge in [-0.25, -0.2) is 9.18 Å². The number of aromatic nitrogens is 3. The van der Waals surface area contributed by atoms with Gasteiger partial charge >= 0.3 is 5.97 Å². The van der Waals surface area contributed by atoms with Gasteiger partial charge in [-0.1, -0.05) is 11.8 Å². The Balaban J connectivity index is 1.36. The van der Waals surface area contributed by atoms with Crippen LogP contribution in [0.5, 0.6) is 0 Å². The van der Waals surface area contributed by atoms with Crippen LogP contribution in [0.15, 0.2) is 53.7 Å². The molecule has 154 valence electrons. The van der Waals surface area contributed by atoms with E-state index < -0.39 is 5.97 Å². The molecule has 3 aromatic rings. The third kappa shape index (κ3) is 4.13. The Kier molecular flexibility index (Phi) is 5.66. The number of hydrogen-bond donors (Lipinski definition) is 1. The van der Waals surface area contributed by atoms with Gasteiger partial charge in [0.1, 0.15) is 5.82 Å². The highest BCUT2D eigenvalue weighted by molar-refractivity contribution is 7.99. The maximum absolute atomic E-state index is 13.2. The zero-order chi connectivity index (χ0) is 21.1. The Morgan fingerprint density at radius 2 is 1.83 bits per heavy atom. The average molecular weight is 427 g/mol. The van der Waals surface area contributed by atoms with E-state index in [9.17, 15) is 14.0 Å². The van der Waals surface area contributed by atoms with E-state index in [0.717, 1.165) is 5.69 Å². The van der Waals surface area contributed by atoms with Crippen molar-refractivity contribution in [1.82, 2.24) is 14.8 Å². The van der Waals surface area contributed by atoms with Gasteiger partial charge < -0.3 is 15.0 Å². The molecular weight excluding hydrogens is 409 g/mol. The van der Waals surface area contributed by atoms with Crippen molar-refractivity contribution in [2.45, 2.75) is 11.7 Å². The van der Waals surface area contributed by atoms with Gasteiger partial charge in [0.15, 0.2) is 5.16 Å². The molecule has 0 unspecified atom stereocenters. The quantitative estimate of drug-likeness (QED) is 0.478. The number of carbonyl (C=O) groups excluding carboxylic acids is 2. The Morgan fingerprint density at radius 3 is 2.53 bits per heavy atom. The summed E-state index contributed by atoms with van der Waals surface area (Å²) in [6.07, 6.45) is 0. The summed E-state index contributed by atoms with van der Waals surface area (Å²) < 4.78 is 19.8. The standard InChI is InChI=1S/C20H18FN5O3S/c1-29-18(28)13-2-6-15(7-3-13)22-17(27)12-30-20-24-23-19-25(10-11-26(19)20)16-8-4-14(21)5-9-16/h2-9H,10-12H2,1H3,(H,22,27). The van der Waals surface area contributed by atoms with Crippen molar-refractivity contribution in [3.63, 3.8) is 0 Å². The molecular formula is C20H18FN5O3S. The molecule has 0 saturated carbocycles. The van der Waals surface area contributed by atoms with Gasteiger partial charge in [0.2, 0.25) is 11.9 Å². The van der Waals surface area contributed by atoms with Crippen molar-refractivity contribution in [1.29, 1.82) is 0 Å². The van der Waals surface area contributed by atoms with Crippen LogP contribution in [0.2, 0.25) is 0 Å². The zero-order valence-electron chi connectivity index (χ0n) is 16.0. The summed E-state index contributed by atoms with van der Waals surface area (Å²) in [5.74, 6) is -0.0900. The zero-order valence-corrected chi connectivity index (χ0v) is 16.9. The highest BCUT2D eigenvalue weighted by atomic mass is 32.2. The smallest absolute Gasteiger partial charge is 0.337 e. The molecule has 1 N–H and O–H groups in total. The van der Waals surface area contributed by atoms with E-state index >= 15 is 0 Å². The van der Waals surface area contributed by atoms with Crippen molar-refractivity contribution < 1.29 is 18.7 Å². The number of thioether (sulfide) groups is 1. The largest absolute Gasteiger partial charge is 0.465 e. The van der Waals surface area contributed by atoms with Crippen molar-refractivity contribution in [3.05, 3.63) is 59.9 Å². The lowest BCUT2D eigenvalue weighted by molar-refractivity contribution is -0.113. The monoisotopic (exact) mass is 427 g/mol. The van der Waals surface area contributed by atoms with E-state index in [4.69, 9.17) is 0 Å². The van der Waals surface area contributed by atoms with Crippen molar-refractivity contribution in [2.24, 2.45) is 0 Å². The van der Waals surface area contributed by atoms with Crippen LogP contribution in [-0.4, -0.2) is 46.0 Å². The number of rotatable bonds is 6. The molecule has 0 radical (unpaired) electrons. The number of amides is 1. The number of halogens is 1. The lowest BCUT2D eigenvalue weighted by Crippen LogP contribution is -2.15. The number of fused-ring (bicyclic) bond motifs is 1. The average Bonchev–Trinajstić information content (AvgIpc) is 3.35. The number of benzene rings is 2. The van der Waals surface area contributed by atoms with Crippen LogP contribution < -0.4 is 10.2 Å². The molecule has 0 saturated heterocycles. The summed E-state index contributed by atoms with van der Waals surface area (Å²) in [5.41, 5.74) is 1.84. The first-order valence-electron chi connectivity index (χ1n) is 9.12. The second-order valence-electron chi connectivity index (χ2n) is 6.47. The van der Waals surface area contributed by atoms with Crippen LogP contribution in [0.25, 0.3) is 0 Å². The summed E-state index contributed by atoms with van der Waals surface area (Å²) in [4.78, 5) is 25.7. The molecule has 1 aliphatic heterocycles. The highest BCUT2D eigenvalue weighted by Crippen LogP contribution is 2.32. The molecule has 10 heteroatoms. The van der Waals surface area contributed by atoms with Crippen LogP contribution in [0.4, 0.5) is 21.7 Å². The van der Waals surface area contributed by atoms with Gasteiger partial charge in [0.25, 0.3) is 0 Å². The highest BCUT2D eigenvalue weighted by Gasteiger charge is 2.26. The van der Waals surface area contributed by atoms with Gasteiger partial charge in [-0.3, -0.25) is 9.36 Å². The Labute approximate surface area is 176 Å². The molecule has 0 atom stereocenters. The molecule has 2 aromatic carbocycles. The van der Waals surface area contributed by atoms with E-state index in [1.165, 1.54) is 31.0 Å². The lowest BCUT2D eigenvalue weighted by atomic mass is 10.2. The van der Waals surface area contributed by atoms with Crippen LogP contribution >= 0.6 is 11.8 Å². The Bertz CT molecular complexity index is 1070. The minimum absolute atomic E-state index is 0.160. The summed E-state index contributed by atoms with van der Waals surface area (Å²) >= 11 is 1.29. The predicted molar refractivity (Wildman–Crippen MR) is 111 cm³/mol. The van der Waals surface area contributed by atoms with Crippen molar-refractivity contribution in [2.75, 3.05) is 29.6 Å². The normalized spacial score (nSPS) is 12.5. The maximum atomic E-state index is 13.2. The molecule has 0 bridgehead atoms. The van der Waals surface area contributed by atoms with Gasteiger partial charge in [0.05, 0.1) is 18.4 Å². The molecule has 0 fully saturated rings. The second-order valence-corrected chi connectivity index (χ2v) is 7.41. The van der Waals surface area contributed by atoms with Crippen molar-refractivity contribution in [3.8, 4) is 0 Å². The number of methoxy groups -OCH3 is 1. The fourth-order valence-electron chi connectivity index (χ4n) is 3.08. The number of carbonyl (C=O) groups is 2. The predicted octanol–water partition coefficient (Wildman–Crippen LogP) is 3.09.